The Morgan fingerprint density at radius 2 is 1.11 bits per heavy atom. The lowest BCUT2D eigenvalue weighted by atomic mass is 9.76. The van der Waals surface area contributed by atoms with Gasteiger partial charge < -0.3 is 49.5 Å². The minimum atomic E-state index is -1.09. The number of nitrogens with zero attached hydrogens (tertiary/aromatic N) is 3. The normalized spacial score (nSPS) is 12.2. The molecule has 0 heterocycles. The number of carbonyl (C=O) groups is 4. The zero-order chi connectivity index (χ0) is 50.9. The van der Waals surface area contributed by atoms with E-state index in [2.05, 4.69) is 86.7 Å². The highest BCUT2D eigenvalue weighted by atomic mass is 16.6. The number of nitrogens with one attached hydrogen (secondary N) is 4. The van der Waals surface area contributed by atoms with Crippen LogP contribution in [-0.2, 0) is 48.3 Å². The first kappa shape index (κ1) is 57.4. The Bertz CT molecular complexity index is 2150. The highest BCUT2D eigenvalue weighted by Gasteiger charge is 2.36. The molecule has 2 atom stereocenters. The monoisotopic (exact) mass is 982 g/mol. The molecule has 3 amide bonds. The van der Waals surface area contributed by atoms with Crippen molar-refractivity contribution in [1.29, 1.82) is 0 Å². The minimum absolute atomic E-state index is 0.0105. The van der Waals surface area contributed by atoms with Crippen LogP contribution in [0.2, 0.25) is 0 Å². The summed E-state index contributed by atoms with van der Waals surface area (Å²) in [4.78, 5) is 55.0. The average molecular weight is 982 g/mol. The van der Waals surface area contributed by atoms with Crippen LogP contribution < -0.4 is 21.3 Å². The molecule has 71 heavy (non-hydrogen) atoms. The van der Waals surface area contributed by atoms with Crippen LogP contribution in [0.15, 0.2) is 114 Å². The Balaban J connectivity index is 1.24. The lowest BCUT2D eigenvalue weighted by Crippen LogP contribution is -2.54. The van der Waals surface area contributed by atoms with E-state index in [0.29, 0.717) is 97.7 Å². The number of benzene rings is 4. The van der Waals surface area contributed by atoms with Gasteiger partial charge in [-0.25, -0.2) is 4.79 Å². The molecule has 0 saturated carbocycles. The van der Waals surface area contributed by atoms with E-state index in [9.17, 15) is 24.3 Å². The first-order chi connectivity index (χ1) is 34.5. The summed E-state index contributed by atoms with van der Waals surface area (Å²) in [5, 5.41) is 25.2. The van der Waals surface area contributed by atoms with Gasteiger partial charge >= 0.3 is 5.97 Å². The van der Waals surface area contributed by atoms with Crippen LogP contribution in [0.25, 0.3) is 10.4 Å². The number of azide groups is 1. The Morgan fingerprint density at radius 1 is 0.620 bits per heavy atom. The molecule has 0 fully saturated rings. The molecular weight excluding hydrogens is 911 g/mol. The molecule has 4 rings (SSSR count). The number of hydrogen-bond acceptors (Lipinski definition) is 12. The van der Waals surface area contributed by atoms with E-state index in [1.54, 1.807) is 0 Å². The molecule has 0 aliphatic heterocycles. The van der Waals surface area contributed by atoms with Crippen LogP contribution in [0, 0.1) is 12.8 Å². The number of amides is 3. The molecule has 0 aliphatic carbocycles. The highest BCUT2D eigenvalue weighted by Crippen LogP contribution is 2.37. The second-order valence-corrected chi connectivity index (χ2v) is 16.9. The highest BCUT2D eigenvalue weighted by molar-refractivity contribution is 5.99. The maximum atomic E-state index is 13.9. The molecule has 0 spiro atoms. The summed E-state index contributed by atoms with van der Waals surface area (Å²) in [7, 11) is 0. The van der Waals surface area contributed by atoms with Gasteiger partial charge in [0.05, 0.1) is 90.4 Å². The molecule has 384 valence electrons. The third-order valence-electron chi connectivity index (χ3n) is 11.2. The quantitative estimate of drug-likeness (QED) is 0.0103. The van der Waals surface area contributed by atoms with Crippen molar-refractivity contribution in [2.24, 2.45) is 11.0 Å². The molecule has 0 radical (unpaired) electrons. The Morgan fingerprint density at radius 3 is 1.61 bits per heavy atom. The van der Waals surface area contributed by atoms with Crippen LogP contribution in [0.5, 0.6) is 0 Å². The van der Waals surface area contributed by atoms with Crippen LogP contribution in [0.1, 0.15) is 72.1 Å². The first-order valence-electron chi connectivity index (χ1n) is 24.2. The van der Waals surface area contributed by atoms with Gasteiger partial charge in [0.1, 0.15) is 12.1 Å². The number of aromatic carboxylic acids is 1. The molecule has 4 aromatic rings. The summed E-state index contributed by atoms with van der Waals surface area (Å²) in [6.45, 7) is 10.9. The second-order valence-electron chi connectivity index (χ2n) is 16.9. The fourth-order valence-corrected chi connectivity index (χ4v) is 7.49. The van der Waals surface area contributed by atoms with Crippen molar-refractivity contribution in [3.63, 3.8) is 0 Å². The van der Waals surface area contributed by atoms with Crippen molar-refractivity contribution in [3.05, 3.63) is 147 Å². The van der Waals surface area contributed by atoms with Crippen LogP contribution >= 0.6 is 0 Å². The van der Waals surface area contributed by atoms with Crippen molar-refractivity contribution < 1.29 is 52.7 Å². The summed E-state index contributed by atoms with van der Waals surface area (Å²) in [5.41, 5.74) is 12.4. The van der Waals surface area contributed by atoms with Crippen LogP contribution in [0.3, 0.4) is 0 Å². The second kappa shape index (κ2) is 33.4. The number of carboxylic acids is 1. The fraction of sp³-hybridized carbons (Fsp3) is 0.472. The molecule has 4 aromatic carbocycles. The first-order valence-corrected chi connectivity index (χ1v) is 24.2. The van der Waals surface area contributed by atoms with E-state index in [1.807, 2.05) is 50.2 Å². The summed E-state index contributed by atoms with van der Waals surface area (Å²) in [5.74, 6) is -2.76. The predicted octanol–water partition coefficient (Wildman–Crippen LogP) is 6.81. The number of anilines is 1. The third-order valence-corrected chi connectivity index (χ3v) is 11.2. The molecule has 0 bridgehead atoms. The molecular formula is C53H71N7O11. The molecule has 0 aromatic heterocycles. The standard InChI is InChI=1S/C53H71N7O11/c1-40(2)49(59-48(61)25-28-66-30-32-68-34-36-70-38-39-71-37-35-69-33-31-67-29-27-56-60-54)51(63)58-47(50(62)57-46-23-19-42(20-24-46)52(64)65)16-10-11-26-55-53(43-12-6-4-7-13-43,44-14-8-5-9-15-44)45-21-17-41(3)18-22-45/h4-9,12-15,17-24,40,47,49,55H,10-11,16,25-39H2,1-3H3,(H,57,62)(H,58,63)(H,59,61)(H,64,65). The van der Waals surface area contributed by atoms with Gasteiger partial charge in [-0.15, -0.1) is 0 Å². The maximum Gasteiger partial charge on any atom is 0.335 e. The van der Waals surface area contributed by atoms with Crippen molar-refractivity contribution in [2.75, 3.05) is 97.7 Å². The molecule has 0 saturated heterocycles. The smallest absolute Gasteiger partial charge is 0.335 e. The molecule has 18 heteroatoms. The Labute approximate surface area is 417 Å². The van der Waals surface area contributed by atoms with E-state index in [1.165, 1.54) is 24.3 Å². The summed E-state index contributed by atoms with van der Waals surface area (Å²) >= 11 is 0. The van der Waals surface area contributed by atoms with Crippen LogP contribution in [0.4, 0.5) is 5.69 Å². The van der Waals surface area contributed by atoms with E-state index in [4.69, 9.17) is 34.0 Å². The van der Waals surface area contributed by atoms with Gasteiger partial charge in [-0.1, -0.05) is 109 Å². The minimum Gasteiger partial charge on any atom is -0.478 e. The van der Waals surface area contributed by atoms with Crippen LogP contribution in [-0.4, -0.2) is 133 Å². The zero-order valence-corrected chi connectivity index (χ0v) is 41.2. The Hall–Kier alpha value is -6.21. The van der Waals surface area contributed by atoms with E-state index < -0.39 is 35.4 Å². The SMILES string of the molecule is Cc1ccc(C(NCCCCC(NC(=O)C(NC(=O)CCOCCOCCOCCOCCOCCOCCN=[N+]=[N-])C(C)C)C(=O)Nc2ccc(C(=O)O)cc2)(c2ccccc2)c2ccccc2)cc1. The van der Waals surface area contributed by atoms with Gasteiger partial charge in [-0.05, 0) is 85.1 Å². The average Bonchev–Trinajstić information content (AvgIpc) is 3.37. The maximum absolute atomic E-state index is 13.9. The van der Waals surface area contributed by atoms with Gasteiger partial charge in [0.15, 0.2) is 0 Å². The largest absolute Gasteiger partial charge is 0.478 e. The number of rotatable bonds is 37. The predicted molar refractivity (Wildman–Crippen MR) is 270 cm³/mol. The summed E-state index contributed by atoms with van der Waals surface area (Å²) in [6, 6.07) is 33.0. The number of unbranched alkanes of at least 4 members (excludes halogenated alkanes) is 1. The van der Waals surface area contributed by atoms with Crippen molar-refractivity contribution in [3.8, 4) is 0 Å². The van der Waals surface area contributed by atoms with Crippen molar-refractivity contribution in [2.45, 2.75) is 64.1 Å². The third kappa shape index (κ3) is 21.0. The summed E-state index contributed by atoms with van der Waals surface area (Å²) in [6.07, 6.45) is 1.50. The van der Waals surface area contributed by atoms with Crippen molar-refractivity contribution >= 4 is 29.4 Å². The number of ether oxygens (including phenoxy) is 6. The Kier molecular flexibility index (Phi) is 27.0. The van der Waals surface area contributed by atoms with Crippen molar-refractivity contribution in [1.82, 2.24) is 16.0 Å². The van der Waals surface area contributed by atoms with E-state index in [-0.39, 0.29) is 43.4 Å². The van der Waals surface area contributed by atoms with Gasteiger partial charge in [0.2, 0.25) is 17.7 Å². The van der Waals surface area contributed by atoms with Gasteiger partial charge in [0, 0.05) is 23.6 Å². The molecule has 0 aliphatic rings. The fourth-order valence-electron chi connectivity index (χ4n) is 7.49. The number of hydrogen-bond donors (Lipinski definition) is 5. The number of carboxylic acid groups (broad SMARTS) is 1. The van der Waals surface area contributed by atoms with Gasteiger partial charge in [0.25, 0.3) is 0 Å². The molecule has 18 nitrogen and oxygen atoms in total. The lowest BCUT2D eigenvalue weighted by Gasteiger charge is -2.37. The molecule has 5 N–H and O–H groups in total. The zero-order valence-electron chi connectivity index (χ0n) is 41.2. The summed E-state index contributed by atoms with van der Waals surface area (Å²) < 4.78 is 32.8. The number of aryl methyl sites for hydroxylation is 1. The number of carbonyl (C=O) groups excluding carboxylic acids is 3. The van der Waals surface area contributed by atoms with Gasteiger partial charge in [-0.2, -0.15) is 0 Å². The topological polar surface area (TPSA) is 241 Å². The molecule has 2 unspecified atom stereocenters. The van der Waals surface area contributed by atoms with E-state index >= 15 is 0 Å². The lowest BCUT2D eigenvalue weighted by molar-refractivity contribution is -0.132. The van der Waals surface area contributed by atoms with E-state index in [0.717, 1.165) is 22.3 Å². The van der Waals surface area contributed by atoms with Gasteiger partial charge in [-0.3, -0.25) is 19.7 Å².